The minimum atomic E-state index is -0.157. The van der Waals surface area contributed by atoms with Crippen LogP contribution >= 0.6 is 0 Å². The van der Waals surface area contributed by atoms with Gasteiger partial charge in [-0.1, -0.05) is 17.7 Å². The van der Waals surface area contributed by atoms with Gasteiger partial charge < -0.3 is 10.1 Å². The number of ether oxygens (including phenoxy) is 1. The van der Waals surface area contributed by atoms with Crippen LogP contribution < -0.4 is 10.1 Å². The van der Waals surface area contributed by atoms with Crippen molar-refractivity contribution in [3.63, 3.8) is 0 Å². The van der Waals surface area contributed by atoms with Crippen molar-refractivity contribution in [2.75, 3.05) is 5.32 Å². The normalized spacial score (nSPS) is 10.6. The fraction of sp³-hybridized carbons (Fsp3) is 0.200. The van der Waals surface area contributed by atoms with E-state index in [0.29, 0.717) is 11.3 Å². The van der Waals surface area contributed by atoms with Gasteiger partial charge in [0.2, 0.25) is 0 Å². The Balaban J connectivity index is 1.70. The molecule has 5 heteroatoms. The summed E-state index contributed by atoms with van der Waals surface area (Å²) in [6.45, 7) is 5.75. The highest BCUT2D eigenvalue weighted by Crippen LogP contribution is 2.24. The van der Waals surface area contributed by atoms with Gasteiger partial charge in [0.05, 0.1) is 11.3 Å². The number of hydrogen-bond acceptors (Lipinski definition) is 3. The Hall–Kier alpha value is -3.08. The molecule has 25 heavy (non-hydrogen) atoms. The van der Waals surface area contributed by atoms with E-state index in [1.54, 1.807) is 4.68 Å². The number of aryl methyl sites for hydroxylation is 3. The number of carbonyl (C=O) groups excluding carboxylic acids is 1. The molecule has 1 amide bonds. The number of anilines is 1. The summed E-state index contributed by atoms with van der Waals surface area (Å²) in [6, 6.07) is 15.2. The molecule has 128 valence electrons. The van der Waals surface area contributed by atoms with Crippen molar-refractivity contribution in [3.8, 4) is 11.5 Å². The van der Waals surface area contributed by atoms with Gasteiger partial charge in [-0.3, -0.25) is 9.48 Å². The number of aromatic nitrogens is 2. The molecular weight excluding hydrogens is 314 g/mol. The first-order valence-electron chi connectivity index (χ1n) is 8.10. The van der Waals surface area contributed by atoms with Crippen LogP contribution in [0.3, 0.4) is 0 Å². The third-order valence-electron chi connectivity index (χ3n) is 4.10. The molecule has 1 N–H and O–H groups in total. The molecular formula is C20H21N3O2. The molecule has 3 aromatic rings. The number of amides is 1. The molecule has 0 saturated heterocycles. The van der Waals surface area contributed by atoms with Crippen LogP contribution in [0.15, 0.2) is 48.5 Å². The van der Waals surface area contributed by atoms with Gasteiger partial charge in [0, 0.05) is 18.4 Å². The van der Waals surface area contributed by atoms with E-state index in [9.17, 15) is 4.79 Å². The Morgan fingerprint density at radius 2 is 1.52 bits per heavy atom. The maximum Gasteiger partial charge on any atom is 0.259 e. The van der Waals surface area contributed by atoms with Crippen LogP contribution in [0.25, 0.3) is 0 Å². The fourth-order valence-corrected chi connectivity index (χ4v) is 2.64. The Morgan fingerprint density at radius 1 is 0.960 bits per heavy atom. The van der Waals surface area contributed by atoms with E-state index < -0.39 is 0 Å². The topological polar surface area (TPSA) is 56.1 Å². The first-order valence-corrected chi connectivity index (χ1v) is 8.10. The van der Waals surface area contributed by atoms with Crippen LogP contribution in [0.2, 0.25) is 0 Å². The van der Waals surface area contributed by atoms with Crippen molar-refractivity contribution in [1.29, 1.82) is 0 Å². The van der Waals surface area contributed by atoms with Crippen molar-refractivity contribution >= 4 is 11.6 Å². The predicted molar refractivity (Wildman–Crippen MR) is 98.3 cm³/mol. The largest absolute Gasteiger partial charge is 0.457 e. The third kappa shape index (κ3) is 3.71. The van der Waals surface area contributed by atoms with Gasteiger partial charge in [-0.15, -0.1) is 0 Å². The zero-order chi connectivity index (χ0) is 18.0. The van der Waals surface area contributed by atoms with E-state index in [4.69, 9.17) is 4.74 Å². The monoisotopic (exact) mass is 335 g/mol. The minimum absolute atomic E-state index is 0.157. The number of nitrogens with one attached hydrogen (secondary N) is 1. The second-order valence-corrected chi connectivity index (χ2v) is 6.06. The maximum absolute atomic E-state index is 12.5. The van der Waals surface area contributed by atoms with Crippen molar-refractivity contribution in [2.24, 2.45) is 7.05 Å². The number of rotatable bonds is 4. The van der Waals surface area contributed by atoms with Crippen molar-refractivity contribution in [3.05, 3.63) is 71.0 Å². The highest BCUT2D eigenvalue weighted by Gasteiger charge is 2.17. The minimum Gasteiger partial charge on any atom is -0.457 e. The third-order valence-corrected chi connectivity index (χ3v) is 4.10. The summed E-state index contributed by atoms with van der Waals surface area (Å²) in [4.78, 5) is 12.5. The zero-order valence-electron chi connectivity index (χ0n) is 14.8. The summed E-state index contributed by atoms with van der Waals surface area (Å²) < 4.78 is 7.50. The van der Waals surface area contributed by atoms with E-state index in [2.05, 4.69) is 10.4 Å². The molecule has 0 radical (unpaired) electrons. The van der Waals surface area contributed by atoms with Crippen LogP contribution in [-0.2, 0) is 7.05 Å². The molecule has 0 atom stereocenters. The lowest BCUT2D eigenvalue weighted by molar-refractivity contribution is 0.102. The molecule has 5 nitrogen and oxygen atoms in total. The number of nitrogens with zero attached hydrogens (tertiary/aromatic N) is 2. The molecule has 3 rings (SSSR count). The summed E-state index contributed by atoms with van der Waals surface area (Å²) in [5.74, 6) is 1.34. The van der Waals surface area contributed by atoms with Gasteiger partial charge in [-0.25, -0.2) is 0 Å². The fourth-order valence-electron chi connectivity index (χ4n) is 2.64. The van der Waals surface area contributed by atoms with E-state index >= 15 is 0 Å². The lowest BCUT2D eigenvalue weighted by Gasteiger charge is -2.09. The molecule has 0 bridgehead atoms. The predicted octanol–water partition coefficient (Wildman–Crippen LogP) is 4.39. The highest BCUT2D eigenvalue weighted by atomic mass is 16.5. The summed E-state index contributed by atoms with van der Waals surface area (Å²) in [6.07, 6.45) is 0. The summed E-state index contributed by atoms with van der Waals surface area (Å²) in [5.41, 5.74) is 4.07. The number of hydrogen-bond donors (Lipinski definition) is 1. The molecule has 0 unspecified atom stereocenters. The number of benzene rings is 2. The van der Waals surface area contributed by atoms with E-state index in [-0.39, 0.29) is 5.91 Å². The molecule has 0 fully saturated rings. The lowest BCUT2D eigenvalue weighted by Crippen LogP contribution is -2.14. The van der Waals surface area contributed by atoms with Crippen molar-refractivity contribution < 1.29 is 9.53 Å². The lowest BCUT2D eigenvalue weighted by atomic mass is 10.2. The molecule has 0 aliphatic rings. The zero-order valence-corrected chi connectivity index (χ0v) is 14.8. The van der Waals surface area contributed by atoms with Crippen LogP contribution in [0.5, 0.6) is 11.5 Å². The summed E-state index contributed by atoms with van der Waals surface area (Å²) in [5, 5.41) is 7.18. The number of carbonyl (C=O) groups is 1. The summed E-state index contributed by atoms with van der Waals surface area (Å²) >= 11 is 0. The van der Waals surface area contributed by atoms with Gasteiger partial charge in [0.25, 0.3) is 5.91 Å². The molecule has 0 saturated carbocycles. The van der Waals surface area contributed by atoms with Gasteiger partial charge >= 0.3 is 0 Å². The quantitative estimate of drug-likeness (QED) is 0.769. The molecule has 0 aliphatic heterocycles. The van der Waals surface area contributed by atoms with Crippen molar-refractivity contribution in [1.82, 2.24) is 9.78 Å². The molecule has 2 aromatic carbocycles. The molecule has 1 aromatic heterocycles. The average Bonchev–Trinajstić information content (AvgIpc) is 2.84. The van der Waals surface area contributed by atoms with E-state index in [1.807, 2.05) is 76.3 Å². The van der Waals surface area contributed by atoms with Crippen LogP contribution in [0.1, 0.15) is 27.3 Å². The summed E-state index contributed by atoms with van der Waals surface area (Å²) in [7, 11) is 1.83. The van der Waals surface area contributed by atoms with Gasteiger partial charge in [0.1, 0.15) is 11.5 Å². The van der Waals surface area contributed by atoms with Gasteiger partial charge in [-0.05, 0) is 57.2 Å². The Bertz CT molecular complexity index is 894. The Morgan fingerprint density at radius 3 is 2.04 bits per heavy atom. The molecule has 1 heterocycles. The first kappa shape index (κ1) is 16.8. The first-order chi connectivity index (χ1) is 11.9. The highest BCUT2D eigenvalue weighted by molar-refractivity contribution is 6.05. The smallest absolute Gasteiger partial charge is 0.259 e. The van der Waals surface area contributed by atoms with Gasteiger partial charge in [0.15, 0.2) is 0 Å². The van der Waals surface area contributed by atoms with Crippen LogP contribution in [-0.4, -0.2) is 15.7 Å². The molecule has 0 spiro atoms. The Labute approximate surface area is 147 Å². The second-order valence-electron chi connectivity index (χ2n) is 6.06. The molecule has 0 aliphatic carbocycles. The standard InChI is InChI=1S/C20H21N3O2/c1-13-5-9-17(10-6-13)25-18-11-7-16(8-12-18)21-20(24)19-14(2)22-23(4)15(19)3/h5-12H,1-4H3,(H,21,24). The van der Waals surface area contributed by atoms with E-state index in [1.165, 1.54) is 5.56 Å². The second kappa shape index (κ2) is 6.81. The maximum atomic E-state index is 12.5. The van der Waals surface area contributed by atoms with E-state index in [0.717, 1.165) is 22.9 Å². The van der Waals surface area contributed by atoms with Crippen LogP contribution in [0.4, 0.5) is 5.69 Å². The Kier molecular flexibility index (Phi) is 4.57. The SMILES string of the molecule is Cc1ccc(Oc2ccc(NC(=O)c3c(C)nn(C)c3C)cc2)cc1. The van der Waals surface area contributed by atoms with Crippen LogP contribution in [0, 0.1) is 20.8 Å². The van der Waals surface area contributed by atoms with Crippen molar-refractivity contribution in [2.45, 2.75) is 20.8 Å². The van der Waals surface area contributed by atoms with Gasteiger partial charge in [-0.2, -0.15) is 5.10 Å². The average molecular weight is 335 g/mol.